The second-order valence-electron chi connectivity index (χ2n) is 5.94. The van der Waals surface area contributed by atoms with E-state index in [0.717, 1.165) is 10.5 Å². The fourth-order valence-electron chi connectivity index (χ4n) is 2.85. The van der Waals surface area contributed by atoms with Crippen LogP contribution < -0.4 is 4.74 Å². The quantitative estimate of drug-likeness (QED) is 0.848. The third-order valence-corrected chi connectivity index (χ3v) is 4.14. The molecule has 1 aliphatic heterocycles. The Morgan fingerprint density at radius 3 is 2.27 bits per heavy atom. The van der Waals surface area contributed by atoms with E-state index in [0.29, 0.717) is 5.75 Å². The lowest BCUT2D eigenvalue weighted by atomic mass is 10.1. The predicted octanol–water partition coefficient (Wildman–Crippen LogP) is 1.90. The van der Waals surface area contributed by atoms with Crippen LogP contribution in [0.25, 0.3) is 0 Å². The van der Waals surface area contributed by atoms with Gasteiger partial charge < -0.3 is 19.7 Å². The molecule has 1 aliphatic rings. The number of amides is 1. The zero-order chi connectivity index (χ0) is 18.5. The number of nitrogens with zero attached hydrogens (tertiary/aromatic N) is 1. The maximum Gasteiger partial charge on any atom is 0.411 e. The molecule has 0 saturated carbocycles. The molecule has 2 N–H and O–H groups in total. The molecule has 2 aromatic carbocycles. The molecule has 0 spiro atoms. The fraction of sp³-hybridized carbons (Fsp3) is 0.263. The van der Waals surface area contributed by atoms with Crippen molar-refractivity contribution in [2.45, 2.75) is 24.9 Å². The number of benzene rings is 2. The van der Waals surface area contributed by atoms with E-state index in [1.165, 1.54) is 0 Å². The minimum absolute atomic E-state index is 0.0167. The van der Waals surface area contributed by atoms with Crippen LogP contribution in [0.3, 0.4) is 0 Å². The van der Waals surface area contributed by atoms with Gasteiger partial charge in [0.25, 0.3) is 0 Å². The third-order valence-electron chi connectivity index (χ3n) is 4.14. The maximum absolute atomic E-state index is 12.4. The number of carboxylic acid groups (broad SMARTS) is 1. The maximum atomic E-state index is 12.4. The molecule has 1 amide bonds. The molecule has 0 radical (unpaired) electrons. The number of likely N-dealkylation sites (tertiary alicyclic amines) is 1. The highest BCUT2D eigenvalue weighted by molar-refractivity contribution is 5.81. The predicted molar refractivity (Wildman–Crippen MR) is 91.6 cm³/mol. The van der Waals surface area contributed by atoms with Crippen LogP contribution >= 0.6 is 0 Å². The Hall–Kier alpha value is -3.06. The Morgan fingerprint density at radius 1 is 1.04 bits per heavy atom. The highest BCUT2D eigenvalue weighted by Crippen LogP contribution is 2.25. The molecule has 136 valence electrons. The van der Waals surface area contributed by atoms with E-state index in [1.807, 2.05) is 24.3 Å². The van der Waals surface area contributed by atoms with Crippen molar-refractivity contribution in [1.29, 1.82) is 0 Å². The molecule has 26 heavy (non-hydrogen) atoms. The smallest absolute Gasteiger partial charge is 0.411 e. The second-order valence-corrected chi connectivity index (χ2v) is 5.94. The number of rotatable bonds is 5. The van der Waals surface area contributed by atoms with E-state index in [2.05, 4.69) is 0 Å². The fourth-order valence-corrected chi connectivity index (χ4v) is 2.85. The summed E-state index contributed by atoms with van der Waals surface area (Å²) in [5.41, 5.74) is 0.782. The summed E-state index contributed by atoms with van der Waals surface area (Å²) in [4.78, 5) is 24.9. The first-order chi connectivity index (χ1) is 12.6. The SMILES string of the molecule is O=C(O)[C@@H]1[C@H](O)[C@H](Oc2ccccc2)CN1C(=O)OCc1ccccc1. The Bertz CT molecular complexity index is 751. The Kier molecular flexibility index (Phi) is 5.38. The molecule has 7 heteroatoms. The van der Waals surface area contributed by atoms with Crippen molar-refractivity contribution in [2.75, 3.05) is 6.54 Å². The van der Waals surface area contributed by atoms with Gasteiger partial charge in [-0.3, -0.25) is 4.90 Å². The van der Waals surface area contributed by atoms with E-state index < -0.39 is 30.3 Å². The van der Waals surface area contributed by atoms with Gasteiger partial charge in [-0.05, 0) is 17.7 Å². The molecular formula is C19H19NO6. The minimum Gasteiger partial charge on any atom is -0.486 e. The molecule has 0 unspecified atom stereocenters. The Labute approximate surface area is 150 Å². The molecule has 1 heterocycles. The van der Waals surface area contributed by atoms with Gasteiger partial charge >= 0.3 is 12.1 Å². The van der Waals surface area contributed by atoms with E-state index in [9.17, 15) is 19.8 Å². The zero-order valence-corrected chi connectivity index (χ0v) is 13.9. The summed E-state index contributed by atoms with van der Waals surface area (Å²) in [6.45, 7) is -0.0660. The first-order valence-corrected chi connectivity index (χ1v) is 8.16. The topological polar surface area (TPSA) is 96.3 Å². The average molecular weight is 357 g/mol. The lowest BCUT2D eigenvalue weighted by Crippen LogP contribution is -2.45. The standard InChI is InChI=1S/C19H19NO6/c21-17-15(26-14-9-5-2-6-10-14)11-20(16(17)18(22)23)19(24)25-12-13-7-3-1-4-8-13/h1-10,15-17,21H,11-12H2,(H,22,23)/t15-,16+,17-/m1/s1. The first-order valence-electron chi connectivity index (χ1n) is 8.16. The summed E-state index contributed by atoms with van der Waals surface area (Å²) in [5.74, 6) is -0.825. The van der Waals surface area contributed by atoms with E-state index in [-0.39, 0.29) is 13.2 Å². The summed E-state index contributed by atoms with van der Waals surface area (Å²) in [5, 5.41) is 19.7. The summed E-state index contributed by atoms with van der Waals surface area (Å²) < 4.78 is 10.8. The van der Waals surface area contributed by atoms with Gasteiger partial charge in [-0.25, -0.2) is 9.59 Å². The molecule has 0 bridgehead atoms. The van der Waals surface area contributed by atoms with Crippen LogP contribution in [0, 0.1) is 0 Å². The molecule has 1 fully saturated rings. The number of carbonyl (C=O) groups is 2. The number of hydrogen-bond acceptors (Lipinski definition) is 5. The van der Waals surface area contributed by atoms with Gasteiger partial charge in [-0.1, -0.05) is 48.5 Å². The van der Waals surface area contributed by atoms with E-state index >= 15 is 0 Å². The highest BCUT2D eigenvalue weighted by atomic mass is 16.6. The van der Waals surface area contributed by atoms with Gasteiger partial charge in [0.05, 0.1) is 6.54 Å². The lowest BCUT2D eigenvalue weighted by Gasteiger charge is -2.21. The van der Waals surface area contributed by atoms with Gasteiger partial charge in [-0.2, -0.15) is 0 Å². The van der Waals surface area contributed by atoms with Crippen LogP contribution in [0.2, 0.25) is 0 Å². The molecule has 3 rings (SSSR count). The molecule has 7 nitrogen and oxygen atoms in total. The normalized spacial score (nSPS) is 22.0. The van der Waals surface area contributed by atoms with Crippen LogP contribution in [0.5, 0.6) is 5.75 Å². The third kappa shape index (κ3) is 3.94. The van der Waals surface area contributed by atoms with E-state index in [4.69, 9.17) is 9.47 Å². The van der Waals surface area contributed by atoms with Gasteiger partial charge in [-0.15, -0.1) is 0 Å². The number of aliphatic carboxylic acids is 1. The van der Waals surface area contributed by atoms with Gasteiger partial charge in [0.15, 0.2) is 6.04 Å². The molecule has 3 atom stereocenters. The summed E-state index contributed by atoms with van der Waals surface area (Å²) in [6.07, 6.45) is -3.03. The lowest BCUT2D eigenvalue weighted by molar-refractivity contribution is -0.145. The number of ether oxygens (including phenoxy) is 2. The number of aliphatic hydroxyl groups is 1. The second kappa shape index (κ2) is 7.88. The molecule has 2 aromatic rings. The summed E-state index contributed by atoms with van der Waals surface area (Å²) in [7, 11) is 0. The van der Waals surface area contributed by atoms with Crippen LogP contribution in [0.15, 0.2) is 60.7 Å². The zero-order valence-electron chi connectivity index (χ0n) is 13.9. The summed E-state index contributed by atoms with van der Waals surface area (Å²) in [6, 6.07) is 16.3. The average Bonchev–Trinajstić information content (AvgIpc) is 2.98. The van der Waals surface area contributed by atoms with Gasteiger partial charge in [0.2, 0.25) is 0 Å². The largest absolute Gasteiger partial charge is 0.486 e. The van der Waals surface area contributed by atoms with E-state index in [1.54, 1.807) is 36.4 Å². The van der Waals surface area contributed by atoms with Gasteiger partial charge in [0, 0.05) is 0 Å². The van der Waals surface area contributed by atoms with Crippen molar-refractivity contribution in [3.05, 3.63) is 66.2 Å². The van der Waals surface area contributed by atoms with Crippen LogP contribution in [0.1, 0.15) is 5.56 Å². The van der Waals surface area contributed by atoms with Crippen LogP contribution in [0.4, 0.5) is 4.79 Å². The van der Waals surface area contributed by atoms with Crippen molar-refractivity contribution >= 4 is 12.1 Å². The Morgan fingerprint density at radius 2 is 1.65 bits per heavy atom. The first kappa shape index (κ1) is 17.8. The number of aliphatic hydroxyl groups excluding tert-OH is 1. The Balaban J connectivity index is 1.68. The molecular weight excluding hydrogens is 338 g/mol. The number of carboxylic acids is 1. The number of hydrogen-bond donors (Lipinski definition) is 2. The minimum atomic E-state index is -1.42. The highest BCUT2D eigenvalue weighted by Gasteiger charge is 2.49. The van der Waals surface area contributed by atoms with Crippen LogP contribution in [-0.4, -0.2) is 52.0 Å². The van der Waals surface area contributed by atoms with Crippen molar-refractivity contribution in [1.82, 2.24) is 4.90 Å². The number of para-hydroxylation sites is 1. The van der Waals surface area contributed by atoms with Crippen molar-refractivity contribution in [3.63, 3.8) is 0 Å². The molecule has 1 saturated heterocycles. The molecule has 0 aromatic heterocycles. The monoisotopic (exact) mass is 357 g/mol. The van der Waals surface area contributed by atoms with Crippen LogP contribution in [-0.2, 0) is 16.1 Å². The molecule has 0 aliphatic carbocycles. The summed E-state index contributed by atoms with van der Waals surface area (Å²) >= 11 is 0. The van der Waals surface area contributed by atoms with Crippen molar-refractivity contribution < 1.29 is 29.3 Å². The number of carbonyl (C=O) groups excluding carboxylic acids is 1. The van der Waals surface area contributed by atoms with Gasteiger partial charge in [0.1, 0.15) is 24.6 Å². The van der Waals surface area contributed by atoms with Crippen molar-refractivity contribution in [3.8, 4) is 5.75 Å². The van der Waals surface area contributed by atoms with Crippen molar-refractivity contribution in [2.24, 2.45) is 0 Å².